The Labute approximate surface area is 96.2 Å². The van der Waals surface area contributed by atoms with Gasteiger partial charge in [-0.25, -0.2) is 0 Å². The van der Waals surface area contributed by atoms with E-state index in [1.165, 1.54) is 0 Å². The molecule has 3 heteroatoms. The summed E-state index contributed by atoms with van der Waals surface area (Å²) in [5.74, 6) is 0. The lowest BCUT2D eigenvalue weighted by atomic mass is 10.1. The summed E-state index contributed by atoms with van der Waals surface area (Å²) in [6.07, 6.45) is 2.78. The van der Waals surface area contributed by atoms with Gasteiger partial charge in [0.25, 0.3) is 0 Å². The van der Waals surface area contributed by atoms with Crippen LogP contribution in [0.5, 0.6) is 0 Å². The molecule has 2 N–H and O–H groups in total. The molecule has 1 aliphatic heterocycles. The van der Waals surface area contributed by atoms with E-state index in [-0.39, 0.29) is 6.10 Å². The van der Waals surface area contributed by atoms with E-state index in [4.69, 9.17) is 9.84 Å². The van der Waals surface area contributed by atoms with Crippen molar-refractivity contribution in [1.82, 2.24) is 5.32 Å². The first-order valence-corrected chi connectivity index (χ1v) is 6.12. The van der Waals surface area contributed by atoms with Crippen LogP contribution in [0.15, 0.2) is 0 Å². The summed E-state index contributed by atoms with van der Waals surface area (Å²) in [5.41, 5.74) is 0. The highest BCUT2D eigenvalue weighted by Gasteiger charge is 2.15. The van der Waals surface area contributed by atoms with Crippen LogP contribution < -0.4 is 5.32 Å². The maximum absolute atomic E-state index is 8.86. The zero-order valence-electron chi connectivity index (χ0n) is 11.6. The van der Waals surface area contributed by atoms with Gasteiger partial charge in [-0.15, -0.1) is 0 Å². The van der Waals surface area contributed by atoms with Crippen LogP contribution in [0.4, 0.5) is 0 Å². The molecule has 1 rings (SSSR count). The standard InChI is InChI=1S/C6H12O2.C2H7N.2C2H6/c1-5-3-2-4-6(7)8-5;1-3-2;2*1-2/h5-7H,2-4H2,1H3;3H,1-2H3;2*1-2H3. The number of ether oxygens (including phenoxy) is 1. The summed E-state index contributed by atoms with van der Waals surface area (Å²) >= 11 is 0. The second-order valence-corrected chi connectivity index (χ2v) is 2.83. The molecule has 96 valence electrons. The highest BCUT2D eigenvalue weighted by molar-refractivity contribution is 4.59. The van der Waals surface area contributed by atoms with Gasteiger partial charge in [-0.1, -0.05) is 27.7 Å². The number of hydrogen-bond acceptors (Lipinski definition) is 3. The maximum Gasteiger partial charge on any atom is 0.154 e. The van der Waals surface area contributed by atoms with Gasteiger partial charge in [0.2, 0.25) is 0 Å². The van der Waals surface area contributed by atoms with Crippen molar-refractivity contribution in [2.24, 2.45) is 0 Å². The summed E-state index contributed by atoms with van der Waals surface area (Å²) in [7, 11) is 3.75. The molecule has 0 aromatic rings. The first-order valence-electron chi connectivity index (χ1n) is 6.12. The van der Waals surface area contributed by atoms with Crippen molar-refractivity contribution in [3.63, 3.8) is 0 Å². The molecule has 0 aromatic carbocycles. The summed E-state index contributed by atoms with van der Waals surface area (Å²) in [6, 6.07) is 0. The molecular weight excluding hydrogens is 190 g/mol. The third kappa shape index (κ3) is 20.1. The quantitative estimate of drug-likeness (QED) is 0.661. The lowest BCUT2D eigenvalue weighted by Gasteiger charge is -2.23. The van der Waals surface area contributed by atoms with Crippen LogP contribution in [0.2, 0.25) is 0 Å². The molecule has 0 bridgehead atoms. The smallest absolute Gasteiger partial charge is 0.154 e. The highest BCUT2D eigenvalue weighted by Crippen LogP contribution is 2.15. The number of aliphatic hydroxyl groups is 1. The van der Waals surface area contributed by atoms with Crippen molar-refractivity contribution in [1.29, 1.82) is 0 Å². The zero-order valence-corrected chi connectivity index (χ0v) is 11.6. The van der Waals surface area contributed by atoms with E-state index in [2.05, 4.69) is 5.32 Å². The third-order valence-corrected chi connectivity index (χ3v) is 1.45. The molecule has 2 atom stereocenters. The molecule has 15 heavy (non-hydrogen) atoms. The van der Waals surface area contributed by atoms with Crippen LogP contribution in [0.3, 0.4) is 0 Å². The molecule has 0 amide bonds. The molecule has 0 aliphatic carbocycles. The van der Waals surface area contributed by atoms with Gasteiger partial charge in [0.1, 0.15) is 0 Å². The van der Waals surface area contributed by atoms with E-state index >= 15 is 0 Å². The van der Waals surface area contributed by atoms with Crippen LogP contribution in [0, 0.1) is 0 Å². The van der Waals surface area contributed by atoms with Crippen LogP contribution in [-0.4, -0.2) is 31.6 Å². The fraction of sp³-hybridized carbons (Fsp3) is 1.00. The van der Waals surface area contributed by atoms with Crippen molar-refractivity contribution in [3.8, 4) is 0 Å². The number of aliphatic hydroxyl groups excluding tert-OH is 1. The Morgan fingerprint density at radius 3 is 1.67 bits per heavy atom. The van der Waals surface area contributed by atoms with E-state index in [1.807, 2.05) is 48.7 Å². The Kier molecular flexibility index (Phi) is 26.3. The molecule has 0 radical (unpaired) electrons. The Morgan fingerprint density at radius 1 is 1.07 bits per heavy atom. The zero-order chi connectivity index (χ0) is 12.7. The van der Waals surface area contributed by atoms with Gasteiger partial charge in [0.05, 0.1) is 6.10 Å². The fourth-order valence-electron chi connectivity index (χ4n) is 0.984. The van der Waals surface area contributed by atoms with Gasteiger partial charge in [-0.3, -0.25) is 0 Å². The van der Waals surface area contributed by atoms with Crippen molar-refractivity contribution >= 4 is 0 Å². The monoisotopic (exact) mass is 221 g/mol. The summed E-state index contributed by atoms with van der Waals surface area (Å²) in [4.78, 5) is 0. The molecule has 0 spiro atoms. The predicted molar refractivity (Wildman–Crippen MR) is 68.1 cm³/mol. The van der Waals surface area contributed by atoms with E-state index in [0.29, 0.717) is 0 Å². The summed E-state index contributed by atoms with van der Waals surface area (Å²) in [6.45, 7) is 9.99. The van der Waals surface area contributed by atoms with Gasteiger partial charge in [0.15, 0.2) is 6.29 Å². The van der Waals surface area contributed by atoms with Crippen molar-refractivity contribution in [2.45, 2.75) is 66.3 Å². The number of rotatable bonds is 0. The summed E-state index contributed by atoms with van der Waals surface area (Å²) in [5, 5.41) is 11.6. The second-order valence-electron chi connectivity index (χ2n) is 2.83. The number of nitrogens with one attached hydrogen (secondary N) is 1. The fourth-order valence-corrected chi connectivity index (χ4v) is 0.984. The average Bonchev–Trinajstić information content (AvgIpc) is 2.24. The highest BCUT2D eigenvalue weighted by atomic mass is 16.6. The molecule has 1 aliphatic rings. The van der Waals surface area contributed by atoms with E-state index in [0.717, 1.165) is 19.3 Å². The minimum absolute atomic E-state index is 0.263. The van der Waals surface area contributed by atoms with Gasteiger partial charge in [-0.2, -0.15) is 0 Å². The Morgan fingerprint density at radius 2 is 1.47 bits per heavy atom. The Bertz CT molecular complexity index is 81.7. The van der Waals surface area contributed by atoms with Crippen LogP contribution in [0.25, 0.3) is 0 Å². The Balaban J connectivity index is -0.000000176. The van der Waals surface area contributed by atoms with Crippen molar-refractivity contribution in [3.05, 3.63) is 0 Å². The molecule has 3 nitrogen and oxygen atoms in total. The van der Waals surface area contributed by atoms with Gasteiger partial charge >= 0.3 is 0 Å². The van der Waals surface area contributed by atoms with E-state index in [1.54, 1.807) is 0 Å². The van der Waals surface area contributed by atoms with Crippen molar-refractivity contribution < 1.29 is 9.84 Å². The maximum atomic E-state index is 8.86. The molecule has 1 saturated heterocycles. The minimum Gasteiger partial charge on any atom is -0.368 e. The lowest BCUT2D eigenvalue weighted by Crippen LogP contribution is -2.24. The predicted octanol–water partition coefficient (Wildman–Crippen LogP) is 2.78. The normalized spacial score (nSPS) is 23.2. The molecule has 0 aromatic heterocycles. The first kappa shape index (κ1) is 20.3. The largest absolute Gasteiger partial charge is 0.368 e. The van der Waals surface area contributed by atoms with Gasteiger partial charge < -0.3 is 15.2 Å². The number of hydrogen-bond donors (Lipinski definition) is 2. The molecule has 2 unspecified atom stereocenters. The second kappa shape index (κ2) is 19.5. The van der Waals surface area contributed by atoms with Crippen LogP contribution in [-0.2, 0) is 4.74 Å². The van der Waals surface area contributed by atoms with E-state index < -0.39 is 6.29 Å². The van der Waals surface area contributed by atoms with Crippen LogP contribution >= 0.6 is 0 Å². The average molecular weight is 221 g/mol. The first-order chi connectivity index (χ1) is 7.20. The molecule has 1 fully saturated rings. The molecule has 0 saturated carbocycles. The lowest BCUT2D eigenvalue weighted by molar-refractivity contribution is -0.156. The summed E-state index contributed by atoms with van der Waals surface area (Å²) < 4.78 is 5.04. The van der Waals surface area contributed by atoms with E-state index in [9.17, 15) is 0 Å². The van der Waals surface area contributed by atoms with Crippen LogP contribution in [0.1, 0.15) is 53.9 Å². The Hall–Kier alpha value is -0.120. The van der Waals surface area contributed by atoms with Crippen molar-refractivity contribution in [2.75, 3.05) is 14.1 Å². The minimum atomic E-state index is -0.487. The van der Waals surface area contributed by atoms with Gasteiger partial charge in [0, 0.05) is 0 Å². The SMILES string of the molecule is CC.CC.CC1CCCC(O)O1.CNC. The van der Waals surface area contributed by atoms with Gasteiger partial charge in [-0.05, 0) is 40.3 Å². The topological polar surface area (TPSA) is 41.5 Å². The molecule has 1 heterocycles. The third-order valence-electron chi connectivity index (χ3n) is 1.45. The molecular formula is C12H31NO2.